The van der Waals surface area contributed by atoms with Crippen molar-refractivity contribution >= 4 is 11.6 Å². The van der Waals surface area contributed by atoms with Crippen LogP contribution in [0, 0.1) is 5.82 Å². The predicted molar refractivity (Wildman–Crippen MR) is 73.5 cm³/mol. The third kappa shape index (κ3) is 4.23. The second-order valence-electron chi connectivity index (χ2n) is 4.79. The van der Waals surface area contributed by atoms with Crippen LogP contribution in [0.1, 0.15) is 12.0 Å². The molecule has 0 unspecified atom stereocenters. The van der Waals surface area contributed by atoms with Crippen LogP contribution in [-0.4, -0.2) is 48.4 Å². The van der Waals surface area contributed by atoms with Gasteiger partial charge in [-0.25, -0.2) is 4.39 Å². The van der Waals surface area contributed by atoms with Gasteiger partial charge in [-0.1, -0.05) is 12.1 Å². The Balaban J connectivity index is 1.87. The van der Waals surface area contributed by atoms with E-state index in [1.54, 1.807) is 12.1 Å². The molecule has 0 spiro atoms. The molecule has 1 aliphatic rings. The number of hydrogen-bond acceptors (Lipinski definition) is 2. The number of benzene rings is 1. The van der Waals surface area contributed by atoms with Gasteiger partial charge in [0, 0.05) is 32.1 Å². The third-order valence-corrected chi connectivity index (χ3v) is 3.55. The molecule has 0 bridgehead atoms. The zero-order chi connectivity index (χ0) is 12.8. The van der Waals surface area contributed by atoms with Crippen molar-refractivity contribution in [3.63, 3.8) is 0 Å². The maximum Gasteiger partial charge on any atom is 0.123 e. The first-order valence-electron chi connectivity index (χ1n) is 6.53. The molecule has 1 fully saturated rings. The minimum Gasteiger partial charge on any atom is -0.301 e. The summed E-state index contributed by atoms with van der Waals surface area (Å²) in [6, 6.07) is 6.89. The molecule has 1 aromatic rings. The zero-order valence-corrected chi connectivity index (χ0v) is 11.4. The Morgan fingerprint density at radius 3 is 2.67 bits per heavy atom. The first-order valence-corrected chi connectivity index (χ1v) is 7.06. The Labute approximate surface area is 113 Å². The van der Waals surface area contributed by atoms with Crippen molar-refractivity contribution in [1.29, 1.82) is 0 Å². The number of rotatable bonds is 4. The number of halogens is 2. The molecule has 0 saturated carbocycles. The van der Waals surface area contributed by atoms with Gasteiger partial charge in [-0.05, 0) is 37.2 Å². The lowest BCUT2D eigenvalue weighted by atomic mass is 10.2. The minimum atomic E-state index is -0.147. The lowest BCUT2D eigenvalue weighted by molar-refractivity contribution is 0.258. The van der Waals surface area contributed by atoms with Crippen LogP contribution in [0.5, 0.6) is 0 Å². The van der Waals surface area contributed by atoms with Gasteiger partial charge in [-0.2, -0.15) is 0 Å². The van der Waals surface area contributed by atoms with Gasteiger partial charge in [-0.15, -0.1) is 11.6 Å². The topological polar surface area (TPSA) is 6.48 Å². The van der Waals surface area contributed by atoms with Crippen molar-refractivity contribution in [3.8, 4) is 0 Å². The molecule has 1 aromatic carbocycles. The average Bonchev–Trinajstić information content (AvgIpc) is 2.56. The van der Waals surface area contributed by atoms with Crippen LogP contribution < -0.4 is 0 Å². The van der Waals surface area contributed by atoms with Crippen LogP contribution in [0.15, 0.2) is 24.3 Å². The van der Waals surface area contributed by atoms with E-state index in [1.165, 1.54) is 6.07 Å². The molecule has 0 radical (unpaired) electrons. The van der Waals surface area contributed by atoms with Crippen molar-refractivity contribution in [2.24, 2.45) is 0 Å². The summed E-state index contributed by atoms with van der Waals surface area (Å²) in [5.74, 6) is 0.551. The number of alkyl halides is 1. The highest BCUT2D eigenvalue weighted by Crippen LogP contribution is 2.10. The van der Waals surface area contributed by atoms with Crippen molar-refractivity contribution in [2.45, 2.75) is 13.0 Å². The number of hydrogen-bond donors (Lipinski definition) is 0. The molecule has 0 aliphatic carbocycles. The minimum absolute atomic E-state index is 0.147. The largest absolute Gasteiger partial charge is 0.301 e. The molecule has 18 heavy (non-hydrogen) atoms. The molecule has 2 rings (SSSR count). The van der Waals surface area contributed by atoms with Crippen molar-refractivity contribution in [3.05, 3.63) is 35.6 Å². The van der Waals surface area contributed by atoms with E-state index in [9.17, 15) is 4.39 Å². The van der Waals surface area contributed by atoms with Crippen molar-refractivity contribution in [2.75, 3.05) is 38.6 Å². The zero-order valence-electron chi connectivity index (χ0n) is 10.6. The second kappa shape index (κ2) is 7.07. The van der Waals surface area contributed by atoms with Crippen LogP contribution in [0.3, 0.4) is 0 Å². The van der Waals surface area contributed by atoms with Gasteiger partial charge in [0.05, 0.1) is 0 Å². The first kappa shape index (κ1) is 13.8. The summed E-state index contributed by atoms with van der Waals surface area (Å²) >= 11 is 5.77. The monoisotopic (exact) mass is 270 g/mol. The summed E-state index contributed by atoms with van der Waals surface area (Å²) in [5, 5.41) is 0. The second-order valence-corrected chi connectivity index (χ2v) is 5.17. The van der Waals surface area contributed by atoms with Crippen LogP contribution in [0.4, 0.5) is 4.39 Å². The molecule has 0 atom stereocenters. The van der Waals surface area contributed by atoms with E-state index >= 15 is 0 Å². The molecule has 1 saturated heterocycles. The van der Waals surface area contributed by atoms with E-state index in [-0.39, 0.29) is 5.82 Å². The molecule has 2 nitrogen and oxygen atoms in total. The van der Waals surface area contributed by atoms with E-state index in [4.69, 9.17) is 11.6 Å². The first-order chi connectivity index (χ1) is 8.78. The highest BCUT2D eigenvalue weighted by Gasteiger charge is 2.14. The summed E-state index contributed by atoms with van der Waals surface area (Å²) in [6.07, 6.45) is 1.16. The van der Waals surface area contributed by atoms with Gasteiger partial charge in [0.15, 0.2) is 0 Å². The molecule has 4 heteroatoms. The van der Waals surface area contributed by atoms with Crippen LogP contribution >= 0.6 is 11.6 Å². The summed E-state index contributed by atoms with van der Waals surface area (Å²) in [5.41, 5.74) is 1.06. The van der Waals surface area contributed by atoms with E-state index in [1.807, 2.05) is 6.07 Å². The van der Waals surface area contributed by atoms with Gasteiger partial charge >= 0.3 is 0 Å². The Morgan fingerprint density at radius 1 is 1.11 bits per heavy atom. The summed E-state index contributed by atoms with van der Waals surface area (Å²) in [6.45, 7) is 6.10. The van der Waals surface area contributed by atoms with Crippen molar-refractivity contribution < 1.29 is 4.39 Å². The van der Waals surface area contributed by atoms with Gasteiger partial charge in [0.25, 0.3) is 0 Å². The van der Waals surface area contributed by atoms with Gasteiger partial charge in [-0.3, -0.25) is 4.90 Å². The molecule has 0 amide bonds. The molecular formula is C14H20ClFN2. The summed E-state index contributed by atoms with van der Waals surface area (Å²) in [4.78, 5) is 4.79. The van der Waals surface area contributed by atoms with E-state index in [0.29, 0.717) is 5.88 Å². The molecule has 1 aliphatic heterocycles. The van der Waals surface area contributed by atoms with Crippen LogP contribution in [0.25, 0.3) is 0 Å². The highest BCUT2D eigenvalue weighted by molar-refractivity contribution is 6.18. The molecule has 0 N–H and O–H groups in total. The lowest BCUT2D eigenvalue weighted by Crippen LogP contribution is -2.31. The normalized spacial score (nSPS) is 18.8. The number of nitrogens with zero attached hydrogens (tertiary/aromatic N) is 2. The summed E-state index contributed by atoms with van der Waals surface area (Å²) < 4.78 is 13.1. The van der Waals surface area contributed by atoms with E-state index in [0.717, 1.165) is 51.3 Å². The Hall–Kier alpha value is -0.640. The maximum atomic E-state index is 13.1. The quantitative estimate of drug-likeness (QED) is 0.776. The van der Waals surface area contributed by atoms with E-state index in [2.05, 4.69) is 9.80 Å². The molecule has 1 heterocycles. The Bertz CT molecular complexity index is 373. The highest BCUT2D eigenvalue weighted by atomic mass is 35.5. The third-order valence-electron chi connectivity index (χ3n) is 3.38. The predicted octanol–water partition coefficient (Wildman–Crippen LogP) is 2.57. The van der Waals surface area contributed by atoms with Crippen molar-refractivity contribution in [1.82, 2.24) is 9.80 Å². The smallest absolute Gasteiger partial charge is 0.123 e. The standard InChI is InChI=1S/C14H20ClFN2/c15-5-8-17-6-2-7-18(10-9-17)12-13-3-1-4-14(16)11-13/h1,3-4,11H,2,5-10,12H2. The molecular weight excluding hydrogens is 251 g/mol. The fraction of sp³-hybridized carbons (Fsp3) is 0.571. The van der Waals surface area contributed by atoms with Gasteiger partial charge < -0.3 is 4.90 Å². The summed E-state index contributed by atoms with van der Waals surface area (Å²) in [7, 11) is 0. The molecule has 100 valence electrons. The van der Waals surface area contributed by atoms with Gasteiger partial charge in [0.1, 0.15) is 5.82 Å². The lowest BCUT2D eigenvalue weighted by Gasteiger charge is -2.21. The fourth-order valence-corrected chi connectivity index (χ4v) is 2.66. The maximum absolute atomic E-state index is 13.1. The Kier molecular flexibility index (Phi) is 5.42. The Morgan fingerprint density at radius 2 is 1.89 bits per heavy atom. The van der Waals surface area contributed by atoms with Crippen LogP contribution in [-0.2, 0) is 6.54 Å². The average molecular weight is 271 g/mol. The van der Waals surface area contributed by atoms with Crippen LogP contribution in [0.2, 0.25) is 0 Å². The van der Waals surface area contributed by atoms with Gasteiger partial charge in [0.2, 0.25) is 0 Å². The fourth-order valence-electron chi connectivity index (χ4n) is 2.42. The SMILES string of the molecule is Fc1cccc(CN2CCCN(CCCl)CC2)c1. The molecule has 0 aromatic heterocycles. The van der Waals surface area contributed by atoms with E-state index < -0.39 is 0 Å².